The van der Waals surface area contributed by atoms with Crippen LogP contribution in [0.4, 0.5) is 0 Å². The average Bonchev–Trinajstić information content (AvgIpc) is 2.65. The first-order valence-electron chi connectivity index (χ1n) is 4.98. The molecule has 0 heterocycles. The largest absolute Gasteiger partial charge is 0.389 e. The van der Waals surface area contributed by atoms with Crippen molar-refractivity contribution in [1.29, 1.82) is 0 Å². The summed E-state index contributed by atoms with van der Waals surface area (Å²) in [4.78, 5) is 11.7. The molecule has 3 heteroatoms. The average molecular weight is 203 g/mol. The summed E-state index contributed by atoms with van der Waals surface area (Å²) >= 11 is 0. The molecule has 78 valence electrons. The van der Waals surface area contributed by atoms with Gasteiger partial charge in [-0.25, -0.2) is 0 Å². The number of benzene rings is 1. The van der Waals surface area contributed by atoms with E-state index >= 15 is 0 Å². The number of carbonyl (C=O) groups is 1. The minimum Gasteiger partial charge on any atom is -0.389 e. The van der Waals surface area contributed by atoms with Crippen molar-refractivity contribution in [2.24, 2.45) is 0 Å². The summed E-state index contributed by atoms with van der Waals surface area (Å²) < 4.78 is 0. The summed E-state index contributed by atoms with van der Waals surface area (Å²) in [6, 6.07) is 9.01. The lowest BCUT2D eigenvalue weighted by Gasteiger charge is -2.11. The Kier molecular flexibility index (Phi) is 2.83. The SMILES string of the molecule is O=C(N[C@@H]1C=C[C@H](O)C1)c1ccccc1. The molecule has 1 aromatic rings. The molecule has 0 aromatic heterocycles. The van der Waals surface area contributed by atoms with Crippen molar-refractivity contribution in [3.8, 4) is 0 Å². The molecule has 0 aliphatic heterocycles. The third-order valence-electron chi connectivity index (χ3n) is 2.41. The molecule has 3 nitrogen and oxygen atoms in total. The monoisotopic (exact) mass is 203 g/mol. The Bertz CT molecular complexity index is 372. The lowest BCUT2D eigenvalue weighted by molar-refractivity contribution is 0.0938. The predicted molar refractivity (Wildman–Crippen MR) is 57.5 cm³/mol. The second-order valence-corrected chi connectivity index (χ2v) is 3.63. The molecule has 0 saturated heterocycles. The maximum absolute atomic E-state index is 11.7. The van der Waals surface area contributed by atoms with Crippen LogP contribution < -0.4 is 5.32 Å². The number of hydrogen-bond acceptors (Lipinski definition) is 2. The Morgan fingerprint density at radius 2 is 2.00 bits per heavy atom. The van der Waals surface area contributed by atoms with Gasteiger partial charge in [0.1, 0.15) is 0 Å². The van der Waals surface area contributed by atoms with Crippen LogP contribution in [0.3, 0.4) is 0 Å². The van der Waals surface area contributed by atoms with Gasteiger partial charge >= 0.3 is 0 Å². The molecule has 1 amide bonds. The molecule has 2 atom stereocenters. The molecule has 1 aromatic carbocycles. The molecular formula is C12H13NO2. The minimum absolute atomic E-state index is 0.0484. The summed E-state index contributed by atoms with van der Waals surface area (Å²) in [7, 11) is 0. The number of aliphatic hydroxyl groups is 1. The van der Waals surface area contributed by atoms with Crippen molar-refractivity contribution in [2.45, 2.75) is 18.6 Å². The van der Waals surface area contributed by atoms with Crippen molar-refractivity contribution in [3.63, 3.8) is 0 Å². The number of rotatable bonds is 2. The van der Waals surface area contributed by atoms with Gasteiger partial charge in [-0.15, -0.1) is 0 Å². The lowest BCUT2D eigenvalue weighted by atomic mass is 10.2. The molecule has 0 radical (unpaired) electrons. The van der Waals surface area contributed by atoms with Crippen molar-refractivity contribution in [3.05, 3.63) is 48.0 Å². The molecule has 0 saturated carbocycles. The van der Waals surface area contributed by atoms with E-state index in [2.05, 4.69) is 5.32 Å². The van der Waals surface area contributed by atoms with Gasteiger partial charge in [0, 0.05) is 12.0 Å². The van der Waals surface area contributed by atoms with Crippen LogP contribution in [0.2, 0.25) is 0 Å². The third-order valence-corrected chi connectivity index (χ3v) is 2.41. The summed E-state index contributed by atoms with van der Waals surface area (Å²) in [6.45, 7) is 0. The summed E-state index contributed by atoms with van der Waals surface area (Å²) in [5.41, 5.74) is 0.646. The highest BCUT2D eigenvalue weighted by molar-refractivity contribution is 5.94. The normalized spacial score (nSPS) is 24.1. The van der Waals surface area contributed by atoms with Crippen LogP contribution in [0.1, 0.15) is 16.8 Å². The van der Waals surface area contributed by atoms with Gasteiger partial charge in [-0.05, 0) is 12.1 Å². The molecule has 1 aliphatic carbocycles. The molecule has 2 rings (SSSR count). The number of nitrogens with one attached hydrogen (secondary N) is 1. The Morgan fingerprint density at radius 3 is 2.60 bits per heavy atom. The van der Waals surface area contributed by atoms with Gasteiger partial charge in [0.05, 0.1) is 12.1 Å². The Labute approximate surface area is 88.4 Å². The topological polar surface area (TPSA) is 49.3 Å². The number of carbonyl (C=O) groups excluding carboxylic acids is 1. The van der Waals surface area contributed by atoms with E-state index in [1.54, 1.807) is 18.2 Å². The van der Waals surface area contributed by atoms with E-state index in [4.69, 9.17) is 0 Å². The maximum Gasteiger partial charge on any atom is 0.251 e. The van der Waals surface area contributed by atoms with Gasteiger partial charge in [-0.2, -0.15) is 0 Å². The molecule has 0 unspecified atom stereocenters. The second-order valence-electron chi connectivity index (χ2n) is 3.63. The molecule has 2 N–H and O–H groups in total. The van der Waals surface area contributed by atoms with Crippen molar-refractivity contribution >= 4 is 5.91 Å². The minimum atomic E-state index is -0.425. The maximum atomic E-state index is 11.7. The van der Waals surface area contributed by atoms with Crippen LogP contribution in [-0.2, 0) is 0 Å². The van der Waals surface area contributed by atoms with E-state index in [-0.39, 0.29) is 11.9 Å². The summed E-state index contributed by atoms with van der Waals surface area (Å²) in [5, 5.41) is 12.1. The fraction of sp³-hybridized carbons (Fsp3) is 0.250. The van der Waals surface area contributed by atoms with Gasteiger partial charge in [-0.1, -0.05) is 30.4 Å². The fourth-order valence-corrected chi connectivity index (χ4v) is 1.63. The molecule has 0 fully saturated rings. The van der Waals surface area contributed by atoms with Crippen molar-refractivity contribution in [2.75, 3.05) is 0 Å². The van der Waals surface area contributed by atoms with Crippen LogP contribution in [0.15, 0.2) is 42.5 Å². The van der Waals surface area contributed by atoms with Gasteiger partial charge in [0.15, 0.2) is 0 Å². The van der Waals surface area contributed by atoms with Gasteiger partial charge in [0.25, 0.3) is 5.91 Å². The van der Waals surface area contributed by atoms with Crippen LogP contribution in [0, 0.1) is 0 Å². The van der Waals surface area contributed by atoms with Crippen LogP contribution in [-0.4, -0.2) is 23.2 Å². The molecule has 15 heavy (non-hydrogen) atoms. The quantitative estimate of drug-likeness (QED) is 0.707. The number of amides is 1. The van der Waals surface area contributed by atoms with Crippen LogP contribution in [0.25, 0.3) is 0 Å². The number of hydrogen-bond donors (Lipinski definition) is 2. The molecular weight excluding hydrogens is 190 g/mol. The first-order chi connectivity index (χ1) is 7.25. The number of aliphatic hydroxyl groups excluding tert-OH is 1. The zero-order valence-corrected chi connectivity index (χ0v) is 8.26. The van der Waals surface area contributed by atoms with Crippen molar-refractivity contribution < 1.29 is 9.90 Å². The fourth-order valence-electron chi connectivity index (χ4n) is 1.63. The molecule has 0 spiro atoms. The third kappa shape index (κ3) is 2.44. The smallest absolute Gasteiger partial charge is 0.251 e. The highest BCUT2D eigenvalue weighted by Gasteiger charge is 2.18. The van der Waals surface area contributed by atoms with E-state index in [1.165, 1.54) is 0 Å². The second kappa shape index (κ2) is 4.28. The van der Waals surface area contributed by atoms with E-state index < -0.39 is 6.10 Å². The standard InChI is InChI=1S/C12H13NO2/c14-11-7-6-10(8-11)13-12(15)9-4-2-1-3-5-9/h1-7,10-11,14H,8H2,(H,13,15)/t10-,11+/m1/s1. The zero-order chi connectivity index (χ0) is 10.7. The first-order valence-corrected chi connectivity index (χ1v) is 4.98. The van der Waals surface area contributed by atoms with Gasteiger partial charge in [0.2, 0.25) is 0 Å². The predicted octanol–water partition coefficient (Wildman–Crippen LogP) is 1.11. The Balaban J connectivity index is 1.96. The van der Waals surface area contributed by atoms with E-state index in [0.717, 1.165) is 0 Å². The molecule has 1 aliphatic rings. The lowest BCUT2D eigenvalue weighted by Crippen LogP contribution is -2.33. The first kappa shape index (κ1) is 9.93. The Hall–Kier alpha value is -1.61. The highest BCUT2D eigenvalue weighted by Crippen LogP contribution is 2.11. The summed E-state index contributed by atoms with van der Waals surface area (Å²) in [5.74, 6) is -0.0978. The van der Waals surface area contributed by atoms with Gasteiger partial charge in [-0.3, -0.25) is 4.79 Å². The molecule has 0 bridgehead atoms. The highest BCUT2D eigenvalue weighted by atomic mass is 16.3. The Morgan fingerprint density at radius 1 is 1.27 bits per heavy atom. The van der Waals surface area contributed by atoms with Crippen LogP contribution in [0.5, 0.6) is 0 Å². The summed E-state index contributed by atoms with van der Waals surface area (Å²) in [6.07, 6.45) is 3.67. The van der Waals surface area contributed by atoms with E-state index in [1.807, 2.05) is 24.3 Å². The zero-order valence-electron chi connectivity index (χ0n) is 8.26. The van der Waals surface area contributed by atoms with E-state index in [0.29, 0.717) is 12.0 Å². The van der Waals surface area contributed by atoms with Gasteiger partial charge < -0.3 is 10.4 Å². The van der Waals surface area contributed by atoms with E-state index in [9.17, 15) is 9.90 Å². The van der Waals surface area contributed by atoms with Crippen molar-refractivity contribution in [1.82, 2.24) is 5.32 Å². The van der Waals surface area contributed by atoms with Crippen LogP contribution >= 0.6 is 0 Å².